The second kappa shape index (κ2) is 6.61. The van der Waals surface area contributed by atoms with Crippen LogP contribution in [0.15, 0.2) is 18.2 Å². The molecule has 0 aromatic heterocycles. The molecule has 0 saturated heterocycles. The number of carbonyl (C=O) groups excluding carboxylic acids is 1. The minimum Gasteiger partial charge on any atom is -0.399 e. The first-order valence-electron chi connectivity index (χ1n) is 7.11. The van der Waals surface area contributed by atoms with Crippen LogP contribution >= 0.6 is 0 Å². The third-order valence-electron chi connectivity index (χ3n) is 3.70. The number of nitrogen functional groups attached to an aromatic ring is 1. The molecule has 0 heterocycles. The highest BCUT2D eigenvalue weighted by Crippen LogP contribution is 2.27. The Morgan fingerprint density at radius 1 is 1.45 bits per heavy atom. The van der Waals surface area contributed by atoms with Crippen molar-refractivity contribution in [3.8, 4) is 0 Å². The summed E-state index contributed by atoms with van der Waals surface area (Å²) in [6.45, 7) is 2.51. The number of hydrogen-bond acceptors (Lipinski definition) is 4. The zero-order valence-corrected chi connectivity index (χ0v) is 12.1. The lowest BCUT2D eigenvalue weighted by Gasteiger charge is -2.18. The summed E-state index contributed by atoms with van der Waals surface area (Å²) < 4.78 is 5.38. The number of nitrogens with one attached hydrogen (secondary N) is 2. The van der Waals surface area contributed by atoms with Gasteiger partial charge in [0.15, 0.2) is 0 Å². The van der Waals surface area contributed by atoms with Gasteiger partial charge in [-0.1, -0.05) is 0 Å². The first kappa shape index (κ1) is 14.7. The fourth-order valence-corrected chi connectivity index (χ4v) is 2.64. The van der Waals surface area contributed by atoms with Crippen molar-refractivity contribution in [2.75, 3.05) is 24.7 Å². The van der Waals surface area contributed by atoms with E-state index in [1.807, 2.05) is 13.0 Å². The molecule has 1 aliphatic carbocycles. The highest BCUT2D eigenvalue weighted by Gasteiger charge is 2.25. The molecule has 5 nitrogen and oxygen atoms in total. The van der Waals surface area contributed by atoms with Crippen LogP contribution in [0.3, 0.4) is 0 Å². The Kier molecular flexibility index (Phi) is 4.84. The van der Waals surface area contributed by atoms with Crippen LogP contribution in [0.1, 0.15) is 36.5 Å². The van der Waals surface area contributed by atoms with Crippen LogP contribution in [0.2, 0.25) is 0 Å². The van der Waals surface area contributed by atoms with E-state index in [4.69, 9.17) is 10.5 Å². The lowest BCUT2D eigenvalue weighted by atomic mass is 10.1. The van der Waals surface area contributed by atoms with Crippen molar-refractivity contribution in [2.45, 2.75) is 38.3 Å². The molecule has 20 heavy (non-hydrogen) atoms. The summed E-state index contributed by atoms with van der Waals surface area (Å²) >= 11 is 0. The molecule has 1 saturated carbocycles. The highest BCUT2D eigenvalue weighted by molar-refractivity contribution is 6.00. The van der Waals surface area contributed by atoms with Crippen molar-refractivity contribution in [2.24, 2.45) is 0 Å². The fourth-order valence-electron chi connectivity index (χ4n) is 2.64. The minimum absolute atomic E-state index is 0.0729. The van der Waals surface area contributed by atoms with E-state index in [1.165, 1.54) is 0 Å². The predicted molar refractivity (Wildman–Crippen MR) is 80.9 cm³/mol. The Morgan fingerprint density at radius 3 is 2.90 bits per heavy atom. The minimum atomic E-state index is -0.0729. The second-order valence-electron chi connectivity index (χ2n) is 5.18. The molecule has 2 unspecified atom stereocenters. The number of ether oxygens (including phenoxy) is 1. The number of carbonyl (C=O) groups is 1. The number of hydrogen-bond donors (Lipinski definition) is 3. The van der Waals surface area contributed by atoms with E-state index in [0.29, 0.717) is 29.9 Å². The zero-order chi connectivity index (χ0) is 14.5. The molecule has 0 spiro atoms. The maximum absolute atomic E-state index is 12.1. The summed E-state index contributed by atoms with van der Waals surface area (Å²) in [4.78, 5) is 12.1. The lowest BCUT2D eigenvalue weighted by molar-refractivity contribution is 0.0956. The maximum atomic E-state index is 12.1. The summed E-state index contributed by atoms with van der Waals surface area (Å²) in [7, 11) is 1.74. The summed E-state index contributed by atoms with van der Waals surface area (Å²) in [5.41, 5.74) is 7.93. The molecule has 2 rings (SSSR count). The largest absolute Gasteiger partial charge is 0.399 e. The Labute approximate surface area is 119 Å². The number of benzene rings is 1. The topological polar surface area (TPSA) is 76.4 Å². The molecule has 1 aliphatic rings. The molecular weight excluding hydrogens is 254 g/mol. The van der Waals surface area contributed by atoms with Crippen LogP contribution < -0.4 is 16.4 Å². The van der Waals surface area contributed by atoms with Crippen molar-refractivity contribution in [3.05, 3.63) is 23.8 Å². The standard InChI is InChI=1S/C15H23N3O2/c1-3-17-15(19)13-7-4-10(16)8-14(13)18-11-5-6-12(9-11)20-2/h4,7-8,11-12,18H,3,5-6,9,16H2,1-2H3,(H,17,19). The molecule has 4 N–H and O–H groups in total. The first-order chi connectivity index (χ1) is 9.63. The van der Waals surface area contributed by atoms with Gasteiger partial charge in [-0.15, -0.1) is 0 Å². The SMILES string of the molecule is CCNC(=O)c1ccc(N)cc1NC1CCC(OC)C1. The van der Waals surface area contributed by atoms with E-state index < -0.39 is 0 Å². The van der Waals surface area contributed by atoms with Crippen molar-refractivity contribution < 1.29 is 9.53 Å². The number of methoxy groups -OCH3 is 1. The van der Waals surface area contributed by atoms with Gasteiger partial charge in [0.2, 0.25) is 0 Å². The van der Waals surface area contributed by atoms with Crippen molar-refractivity contribution in [3.63, 3.8) is 0 Å². The fraction of sp³-hybridized carbons (Fsp3) is 0.533. The van der Waals surface area contributed by atoms with E-state index >= 15 is 0 Å². The van der Waals surface area contributed by atoms with Gasteiger partial charge in [0.25, 0.3) is 5.91 Å². The average Bonchev–Trinajstić information content (AvgIpc) is 2.87. The smallest absolute Gasteiger partial charge is 0.253 e. The van der Waals surface area contributed by atoms with E-state index in [2.05, 4.69) is 10.6 Å². The van der Waals surface area contributed by atoms with E-state index in [9.17, 15) is 4.79 Å². The quantitative estimate of drug-likeness (QED) is 0.719. The number of amides is 1. The zero-order valence-electron chi connectivity index (χ0n) is 12.1. The van der Waals surface area contributed by atoms with Crippen molar-refractivity contribution >= 4 is 17.3 Å². The summed E-state index contributed by atoms with van der Waals surface area (Å²) in [5, 5.41) is 6.26. The normalized spacial score (nSPS) is 21.7. The van der Waals surface area contributed by atoms with Crippen LogP contribution in [0.4, 0.5) is 11.4 Å². The van der Waals surface area contributed by atoms with Gasteiger partial charge in [0, 0.05) is 31.1 Å². The van der Waals surface area contributed by atoms with Gasteiger partial charge in [0.1, 0.15) is 0 Å². The molecule has 1 aromatic rings. The number of anilines is 2. The van der Waals surface area contributed by atoms with E-state index in [0.717, 1.165) is 24.9 Å². The van der Waals surface area contributed by atoms with Crippen LogP contribution in [-0.2, 0) is 4.74 Å². The van der Waals surface area contributed by atoms with Gasteiger partial charge in [0.05, 0.1) is 11.7 Å². The molecule has 2 atom stereocenters. The Hall–Kier alpha value is -1.75. The summed E-state index contributed by atoms with van der Waals surface area (Å²) in [6.07, 6.45) is 3.36. The van der Waals surface area contributed by atoms with Gasteiger partial charge in [-0.3, -0.25) is 4.79 Å². The molecule has 1 amide bonds. The van der Waals surface area contributed by atoms with E-state index in [1.54, 1.807) is 19.2 Å². The van der Waals surface area contributed by atoms with Gasteiger partial charge >= 0.3 is 0 Å². The van der Waals surface area contributed by atoms with Gasteiger partial charge in [-0.2, -0.15) is 0 Å². The molecular formula is C15H23N3O2. The van der Waals surface area contributed by atoms with Gasteiger partial charge in [-0.05, 0) is 44.4 Å². The predicted octanol–water partition coefficient (Wildman–Crippen LogP) is 2.00. The highest BCUT2D eigenvalue weighted by atomic mass is 16.5. The average molecular weight is 277 g/mol. The molecule has 0 aliphatic heterocycles. The third kappa shape index (κ3) is 3.42. The third-order valence-corrected chi connectivity index (χ3v) is 3.70. The van der Waals surface area contributed by atoms with Gasteiger partial charge < -0.3 is 21.1 Å². The summed E-state index contributed by atoms with van der Waals surface area (Å²) in [5.74, 6) is -0.0729. The lowest BCUT2D eigenvalue weighted by Crippen LogP contribution is -2.25. The van der Waals surface area contributed by atoms with Crippen molar-refractivity contribution in [1.82, 2.24) is 5.32 Å². The Balaban J connectivity index is 2.13. The summed E-state index contributed by atoms with van der Waals surface area (Å²) in [6, 6.07) is 5.67. The molecule has 0 bridgehead atoms. The van der Waals surface area contributed by atoms with Crippen LogP contribution in [0, 0.1) is 0 Å². The second-order valence-corrected chi connectivity index (χ2v) is 5.18. The molecule has 1 fully saturated rings. The monoisotopic (exact) mass is 277 g/mol. The maximum Gasteiger partial charge on any atom is 0.253 e. The molecule has 1 aromatic carbocycles. The first-order valence-corrected chi connectivity index (χ1v) is 7.11. The van der Waals surface area contributed by atoms with E-state index in [-0.39, 0.29) is 5.91 Å². The molecule has 110 valence electrons. The van der Waals surface area contributed by atoms with Crippen LogP contribution in [0.25, 0.3) is 0 Å². The van der Waals surface area contributed by atoms with Crippen LogP contribution in [-0.4, -0.2) is 31.7 Å². The van der Waals surface area contributed by atoms with Crippen LogP contribution in [0.5, 0.6) is 0 Å². The number of nitrogens with two attached hydrogens (primary N) is 1. The van der Waals surface area contributed by atoms with Gasteiger partial charge in [-0.25, -0.2) is 0 Å². The molecule has 5 heteroatoms. The van der Waals surface area contributed by atoms with Crippen molar-refractivity contribution in [1.29, 1.82) is 0 Å². The molecule has 0 radical (unpaired) electrons. The Morgan fingerprint density at radius 2 is 2.25 bits per heavy atom. The Bertz CT molecular complexity index is 476. The number of rotatable bonds is 5.